The molecule has 0 saturated carbocycles. The van der Waals surface area contributed by atoms with Gasteiger partial charge in [-0.3, -0.25) is 4.68 Å². The van der Waals surface area contributed by atoms with Gasteiger partial charge in [-0.05, 0) is 12.8 Å². The SMILES string of the molecule is C=Cc1cnn(C[C@@H]2CCCO2)c1. The molecule has 1 atom stereocenters. The second kappa shape index (κ2) is 3.75. The summed E-state index contributed by atoms with van der Waals surface area (Å²) in [6, 6.07) is 0. The van der Waals surface area contributed by atoms with E-state index in [1.54, 1.807) is 6.08 Å². The van der Waals surface area contributed by atoms with E-state index in [-0.39, 0.29) is 0 Å². The van der Waals surface area contributed by atoms with E-state index in [9.17, 15) is 0 Å². The molecule has 0 spiro atoms. The van der Waals surface area contributed by atoms with Crippen molar-refractivity contribution in [2.45, 2.75) is 25.5 Å². The van der Waals surface area contributed by atoms with Gasteiger partial charge in [-0.15, -0.1) is 0 Å². The molecule has 3 nitrogen and oxygen atoms in total. The smallest absolute Gasteiger partial charge is 0.0771 e. The maximum Gasteiger partial charge on any atom is 0.0771 e. The molecule has 1 aliphatic heterocycles. The van der Waals surface area contributed by atoms with Gasteiger partial charge in [0, 0.05) is 18.4 Å². The normalized spacial score (nSPS) is 22.0. The summed E-state index contributed by atoms with van der Waals surface area (Å²) in [7, 11) is 0. The van der Waals surface area contributed by atoms with Crippen LogP contribution in [-0.2, 0) is 11.3 Å². The summed E-state index contributed by atoms with van der Waals surface area (Å²) in [4.78, 5) is 0. The van der Waals surface area contributed by atoms with Crippen LogP contribution in [0.15, 0.2) is 19.0 Å². The van der Waals surface area contributed by atoms with Gasteiger partial charge in [0.1, 0.15) is 0 Å². The maximum absolute atomic E-state index is 5.51. The van der Waals surface area contributed by atoms with Gasteiger partial charge in [0.15, 0.2) is 0 Å². The summed E-state index contributed by atoms with van der Waals surface area (Å²) in [5, 5.41) is 4.22. The molecule has 2 heterocycles. The van der Waals surface area contributed by atoms with Gasteiger partial charge in [-0.2, -0.15) is 5.10 Å². The number of aromatic nitrogens is 2. The van der Waals surface area contributed by atoms with E-state index < -0.39 is 0 Å². The molecule has 1 saturated heterocycles. The van der Waals surface area contributed by atoms with Crippen molar-refractivity contribution in [1.82, 2.24) is 9.78 Å². The van der Waals surface area contributed by atoms with Crippen molar-refractivity contribution >= 4 is 6.08 Å². The lowest BCUT2D eigenvalue weighted by atomic mass is 10.2. The van der Waals surface area contributed by atoms with Gasteiger partial charge >= 0.3 is 0 Å². The van der Waals surface area contributed by atoms with Gasteiger partial charge in [0.25, 0.3) is 0 Å². The Kier molecular flexibility index (Phi) is 2.45. The number of nitrogens with zero attached hydrogens (tertiary/aromatic N) is 2. The van der Waals surface area contributed by atoms with Crippen LogP contribution in [0.4, 0.5) is 0 Å². The van der Waals surface area contributed by atoms with Gasteiger partial charge < -0.3 is 4.74 Å². The minimum absolute atomic E-state index is 0.359. The first-order valence-electron chi connectivity index (χ1n) is 4.65. The molecule has 0 aromatic carbocycles. The summed E-state index contributed by atoms with van der Waals surface area (Å²) >= 11 is 0. The third kappa shape index (κ3) is 1.98. The maximum atomic E-state index is 5.51. The molecule has 13 heavy (non-hydrogen) atoms. The van der Waals surface area contributed by atoms with Crippen LogP contribution >= 0.6 is 0 Å². The molecule has 1 aromatic rings. The predicted molar refractivity (Wildman–Crippen MR) is 51.3 cm³/mol. The minimum Gasteiger partial charge on any atom is -0.376 e. The summed E-state index contributed by atoms with van der Waals surface area (Å²) in [5.74, 6) is 0. The lowest BCUT2D eigenvalue weighted by Gasteiger charge is -2.08. The molecule has 0 aliphatic carbocycles. The van der Waals surface area contributed by atoms with Gasteiger partial charge in [-0.1, -0.05) is 12.7 Å². The Hall–Kier alpha value is -1.09. The predicted octanol–water partition coefficient (Wildman–Crippen LogP) is 1.71. The fourth-order valence-electron chi connectivity index (χ4n) is 1.58. The van der Waals surface area contributed by atoms with E-state index in [1.807, 2.05) is 17.1 Å². The Bertz CT molecular complexity index is 287. The molecular formula is C10H14N2O. The minimum atomic E-state index is 0.359. The van der Waals surface area contributed by atoms with E-state index in [4.69, 9.17) is 4.74 Å². The second-order valence-electron chi connectivity index (χ2n) is 3.33. The average molecular weight is 178 g/mol. The van der Waals surface area contributed by atoms with Crippen LogP contribution in [0.1, 0.15) is 18.4 Å². The third-order valence-electron chi connectivity index (χ3n) is 2.30. The molecule has 2 rings (SSSR count). The lowest BCUT2D eigenvalue weighted by molar-refractivity contribution is 0.0940. The summed E-state index contributed by atoms with van der Waals surface area (Å²) in [6.45, 7) is 5.46. The van der Waals surface area contributed by atoms with Crippen LogP contribution in [0.2, 0.25) is 0 Å². The highest BCUT2D eigenvalue weighted by molar-refractivity contribution is 5.43. The average Bonchev–Trinajstić information content (AvgIpc) is 2.76. The van der Waals surface area contributed by atoms with E-state index >= 15 is 0 Å². The topological polar surface area (TPSA) is 27.1 Å². The van der Waals surface area contributed by atoms with Crippen molar-refractivity contribution in [3.8, 4) is 0 Å². The summed E-state index contributed by atoms with van der Waals surface area (Å²) in [5.41, 5.74) is 1.07. The zero-order valence-electron chi connectivity index (χ0n) is 7.65. The largest absolute Gasteiger partial charge is 0.376 e. The Morgan fingerprint density at radius 1 is 1.77 bits per heavy atom. The van der Waals surface area contributed by atoms with Crippen molar-refractivity contribution in [1.29, 1.82) is 0 Å². The first-order chi connectivity index (χ1) is 6.38. The molecule has 0 N–H and O–H groups in total. The fraction of sp³-hybridized carbons (Fsp3) is 0.500. The Morgan fingerprint density at radius 2 is 2.69 bits per heavy atom. The highest BCUT2D eigenvalue weighted by Crippen LogP contribution is 2.13. The highest BCUT2D eigenvalue weighted by atomic mass is 16.5. The molecule has 0 unspecified atom stereocenters. The van der Waals surface area contributed by atoms with Crippen LogP contribution in [0.5, 0.6) is 0 Å². The third-order valence-corrected chi connectivity index (χ3v) is 2.30. The molecule has 1 aromatic heterocycles. The highest BCUT2D eigenvalue weighted by Gasteiger charge is 2.15. The Balaban J connectivity index is 1.96. The van der Waals surface area contributed by atoms with Crippen LogP contribution in [0, 0.1) is 0 Å². The quantitative estimate of drug-likeness (QED) is 0.704. The van der Waals surface area contributed by atoms with Gasteiger partial charge in [-0.25, -0.2) is 0 Å². The lowest BCUT2D eigenvalue weighted by Crippen LogP contribution is -2.14. The molecule has 1 aliphatic rings. The van der Waals surface area contributed by atoms with Crippen LogP contribution < -0.4 is 0 Å². The van der Waals surface area contributed by atoms with Crippen LogP contribution in [0.3, 0.4) is 0 Å². The van der Waals surface area contributed by atoms with Crippen LogP contribution in [0.25, 0.3) is 6.08 Å². The number of ether oxygens (including phenoxy) is 1. The molecule has 70 valence electrons. The Labute approximate surface area is 78.0 Å². The van der Waals surface area contributed by atoms with Crippen molar-refractivity contribution in [2.24, 2.45) is 0 Å². The summed E-state index contributed by atoms with van der Waals surface area (Å²) < 4.78 is 7.44. The Morgan fingerprint density at radius 3 is 3.31 bits per heavy atom. The van der Waals surface area contributed by atoms with E-state index in [2.05, 4.69) is 11.7 Å². The van der Waals surface area contributed by atoms with Crippen molar-refractivity contribution < 1.29 is 4.74 Å². The standard InChI is InChI=1S/C10H14N2O/c1-2-9-6-11-12(7-9)8-10-4-3-5-13-10/h2,6-7,10H,1,3-5,8H2/t10-/m0/s1. The van der Waals surface area contributed by atoms with Gasteiger partial charge in [0.2, 0.25) is 0 Å². The fourth-order valence-corrected chi connectivity index (χ4v) is 1.58. The molecule has 3 heteroatoms. The first-order valence-corrected chi connectivity index (χ1v) is 4.65. The molecule has 0 radical (unpaired) electrons. The van der Waals surface area contributed by atoms with E-state index in [0.717, 1.165) is 25.1 Å². The molecular weight excluding hydrogens is 164 g/mol. The van der Waals surface area contributed by atoms with Crippen molar-refractivity contribution in [2.75, 3.05) is 6.61 Å². The van der Waals surface area contributed by atoms with E-state index in [1.165, 1.54) is 6.42 Å². The van der Waals surface area contributed by atoms with Crippen molar-refractivity contribution in [3.63, 3.8) is 0 Å². The molecule has 0 amide bonds. The summed E-state index contributed by atoms with van der Waals surface area (Å²) in [6.07, 6.45) is 8.32. The van der Waals surface area contributed by atoms with E-state index in [0.29, 0.717) is 6.10 Å². The second-order valence-corrected chi connectivity index (χ2v) is 3.33. The number of rotatable bonds is 3. The zero-order valence-corrected chi connectivity index (χ0v) is 7.65. The van der Waals surface area contributed by atoms with Crippen LogP contribution in [-0.4, -0.2) is 22.5 Å². The van der Waals surface area contributed by atoms with Gasteiger partial charge in [0.05, 0.1) is 18.8 Å². The number of hydrogen-bond acceptors (Lipinski definition) is 2. The first kappa shape index (κ1) is 8.51. The molecule has 1 fully saturated rings. The monoisotopic (exact) mass is 178 g/mol. The van der Waals surface area contributed by atoms with Crippen molar-refractivity contribution in [3.05, 3.63) is 24.5 Å². The molecule has 0 bridgehead atoms. The number of hydrogen-bond donors (Lipinski definition) is 0. The zero-order chi connectivity index (χ0) is 9.10.